The van der Waals surface area contributed by atoms with Gasteiger partial charge in [0, 0.05) is 42.9 Å². The van der Waals surface area contributed by atoms with E-state index in [-0.39, 0.29) is 5.92 Å². The van der Waals surface area contributed by atoms with E-state index in [1.165, 1.54) is 0 Å². The summed E-state index contributed by atoms with van der Waals surface area (Å²) in [6, 6.07) is 18.1. The van der Waals surface area contributed by atoms with Crippen molar-refractivity contribution in [1.29, 1.82) is 0 Å². The van der Waals surface area contributed by atoms with Gasteiger partial charge in [-0.3, -0.25) is 14.7 Å². The van der Waals surface area contributed by atoms with Crippen molar-refractivity contribution >= 4 is 28.5 Å². The third-order valence-electron chi connectivity index (χ3n) is 6.19. The molecule has 34 heavy (non-hydrogen) atoms. The average molecular weight is 455 g/mol. The second-order valence-electron chi connectivity index (χ2n) is 8.63. The van der Waals surface area contributed by atoms with Gasteiger partial charge < -0.3 is 9.52 Å². The Hall–Kier alpha value is -3.84. The van der Waals surface area contributed by atoms with Gasteiger partial charge in [0.25, 0.3) is 0 Å². The molecule has 5 rings (SSSR count). The predicted octanol–water partition coefficient (Wildman–Crippen LogP) is 5.14. The van der Waals surface area contributed by atoms with Crippen LogP contribution in [0.25, 0.3) is 34.0 Å². The van der Waals surface area contributed by atoms with Crippen molar-refractivity contribution in [2.75, 3.05) is 13.1 Å². The third kappa shape index (κ3) is 4.47. The van der Waals surface area contributed by atoms with E-state index in [1.807, 2.05) is 48.5 Å². The molecule has 2 aromatic heterocycles. The van der Waals surface area contributed by atoms with Crippen LogP contribution in [-0.4, -0.2) is 44.2 Å². The highest BCUT2D eigenvalue weighted by atomic mass is 16.4. The van der Waals surface area contributed by atoms with Crippen LogP contribution in [0.15, 0.2) is 65.2 Å². The minimum Gasteiger partial charge on any atom is -0.481 e. The molecule has 0 radical (unpaired) electrons. The smallest absolute Gasteiger partial charge is 0.309 e. The maximum absolute atomic E-state index is 11.1. The van der Waals surface area contributed by atoms with Crippen LogP contribution in [0.3, 0.4) is 0 Å². The Balaban J connectivity index is 1.44. The zero-order valence-electron chi connectivity index (χ0n) is 19.0. The fraction of sp³-hybridized carbons (Fsp3) is 0.259. The summed E-state index contributed by atoms with van der Waals surface area (Å²) >= 11 is 0. The number of hydrogen-bond acceptors (Lipinski definition) is 6. The summed E-state index contributed by atoms with van der Waals surface area (Å²) in [5.41, 5.74) is 5.07. The number of aliphatic carboxylic acids is 1. The number of benzene rings is 2. The average Bonchev–Trinajstić information content (AvgIpc) is 3.29. The maximum atomic E-state index is 11.1. The second kappa shape index (κ2) is 9.57. The molecule has 172 valence electrons. The molecule has 7 nitrogen and oxygen atoms in total. The summed E-state index contributed by atoms with van der Waals surface area (Å²) in [7, 11) is 0. The third-order valence-corrected chi connectivity index (χ3v) is 6.19. The van der Waals surface area contributed by atoms with Gasteiger partial charge in [-0.25, -0.2) is 0 Å². The Morgan fingerprint density at radius 3 is 2.71 bits per heavy atom. The van der Waals surface area contributed by atoms with Crippen molar-refractivity contribution in [2.24, 2.45) is 5.92 Å². The number of carbonyl (C=O) groups is 1. The second-order valence-corrected chi connectivity index (χ2v) is 8.63. The SMILES string of the molecule is CCCC(=Cc1nnc(-c2ccc(CN3CC(C(=O)O)C3)c3ncccc23)o1)c1ccccc1. The Labute approximate surface area is 197 Å². The predicted molar refractivity (Wildman–Crippen MR) is 131 cm³/mol. The lowest BCUT2D eigenvalue weighted by molar-refractivity contribution is -0.147. The number of hydrogen-bond donors (Lipinski definition) is 1. The largest absolute Gasteiger partial charge is 0.481 e. The number of carboxylic acids is 1. The minimum absolute atomic E-state index is 0.281. The monoisotopic (exact) mass is 454 g/mol. The Morgan fingerprint density at radius 1 is 1.12 bits per heavy atom. The molecule has 0 bridgehead atoms. The first-order chi connectivity index (χ1) is 16.6. The van der Waals surface area contributed by atoms with E-state index in [9.17, 15) is 4.79 Å². The summed E-state index contributed by atoms with van der Waals surface area (Å²) in [4.78, 5) is 17.8. The molecule has 0 spiro atoms. The van der Waals surface area contributed by atoms with E-state index in [2.05, 4.69) is 39.1 Å². The van der Waals surface area contributed by atoms with Gasteiger partial charge in [0.2, 0.25) is 11.8 Å². The highest BCUT2D eigenvalue weighted by Crippen LogP contribution is 2.31. The molecule has 0 amide bonds. The van der Waals surface area contributed by atoms with Gasteiger partial charge in [-0.05, 0) is 35.3 Å². The molecular formula is C27H26N4O3. The van der Waals surface area contributed by atoms with Crippen molar-refractivity contribution < 1.29 is 14.3 Å². The van der Waals surface area contributed by atoms with Crippen molar-refractivity contribution in [2.45, 2.75) is 26.3 Å². The van der Waals surface area contributed by atoms with Crippen molar-refractivity contribution in [3.63, 3.8) is 0 Å². The quantitative estimate of drug-likeness (QED) is 0.394. The number of carboxylic acid groups (broad SMARTS) is 1. The van der Waals surface area contributed by atoms with Gasteiger partial charge in [-0.15, -0.1) is 10.2 Å². The van der Waals surface area contributed by atoms with E-state index < -0.39 is 5.97 Å². The number of allylic oxidation sites excluding steroid dienone is 1. The molecule has 0 saturated carbocycles. The zero-order chi connectivity index (χ0) is 23.5. The minimum atomic E-state index is -0.731. The highest BCUT2D eigenvalue weighted by Gasteiger charge is 2.32. The standard InChI is InChI=1S/C27H26N4O3/c1-2-7-19(18-8-4-3-5-9-18)14-24-29-30-26(34-24)23-12-11-20(25-22(23)10-6-13-28-25)15-31-16-21(17-31)27(32)33/h3-6,8-14,21H,2,7,15-17H2,1H3,(H,32,33). The van der Waals surface area contributed by atoms with Gasteiger partial charge in [-0.1, -0.05) is 55.8 Å². The van der Waals surface area contributed by atoms with E-state index in [0.717, 1.165) is 46.0 Å². The fourth-order valence-electron chi connectivity index (χ4n) is 4.41. The van der Waals surface area contributed by atoms with E-state index >= 15 is 0 Å². The van der Waals surface area contributed by atoms with Crippen molar-refractivity contribution in [1.82, 2.24) is 20.1 Å². The van der Waals surface area contributed by atoms with Gasteiger partial charge in [-0.2, -0.15) is 0 Å². The van der Waals surface area contributed by atoms with Crippen LogP contribution in [0.2, 0.25) is 0 Å². The molecule has 0 aliphatic carbocycles. The molecule has 1 N–H and O–H groups in total. The number of nitrogens with zero attached hydrogens (tertiary/aromatic N) is 4. The van der Waals surface area contributed by atoms with Gasteiger partial charge in [0.15, 0.2) is 0 Å². The topological polar surface area (TPSA) is 92.4 Å². The number of rotatable bonds is 8. The zero-order valence-corrected chi connectivity index (χ0v) is 19.0. The number of fused-ring (bicyclic) bond motifs is 1. The number of aromatic nitrogens is 3. The van der Waals surface area contributed by atoms with Crippen LogP contribution in [0, 0.1) is 5.92 Å². The van der Waals surface area contributed by atoms with E-state index in [4.69, 9.17) is 9.52 Å². The molecule has 1 fully saturated rings. The van der Waals surface area contributed by atoms with E-state index in [0.29, 0.717) is 31.4 Å². The van der Waals surface area contributed by atoms with Gasteiger partial charge in [0.05, 0.1) is 11.4 Å². The summed E-state index contributed by atoms with van der Waals surface area (Å²) in [5, 5.41) is 18.7. The Kier molecular flexibility index (Phi) is 6.18. The first-order valence-corrected chi connectivity index (χ1v) is 11.5. The van der Waals surface area contributed by atoms with Gasteiger partial charge in [0.1, 0.15) is 0 Å². The summed E-state index contributed by atoms with van der Waals surface area (Å²) in [6.07, 6.45) is 5.67. The number of pyridine rings is 1. The van der Waals surface area contributed by atoms with Crippen LogP contribution in [0.5, 0.6) is 0 Å². The maximum Gasteiger partial charge on any atom is 0.309 e. The molecule has 3 heterocycles. The molecule has 0 unspecified atom stereocenters. The number of likely N-dealkylation sites (tertiary alicyclic amines) is 1. The van der Waals surface area contributed by atoms with Crippen LogP contribution in [-0.2, 0) is 11.3 Å². The lowest BCUT2D eigenvalue weighted by Gasteiger charge is -2.36. The molecular weight excluding hydrogens is 428 g/mol. The first-order valence-electron chi connectivity index (χ1n) is 11.5. The fourth-order valence-corrected chi connectivity index (χ4v) is 4.41. The van der Waals surface area contributed by atoms with Gasteiger partial charge >= 0.3 is 5.97 Å². The summed E-state index contributed by atoms with van der Waals surface area (Å²) in [5.74, 6) is -0.0830. The van der Waals surface area contributed by atoms with Crippen LogP contribution in [0.1, 0.15) is 36.8 Å². The molecule has 0 atom stereocenters. The molecule has 4 aromatic rings. The van der Waals surface area contributed by atoms with E-state index in [1.54, 1.807) is 6.20 Å². The first kappa shape index (κ1) is 22.0. The Bertz CT molecular complexity index is 1340. The molecule has 1 aliphatic heterocycles. The normalized spacial score (nSPS) is 14.9. The summed E-state index contributed by atoms with van der Waals surface area (Å²) in [6.45, 7) is 3.93. The summed E-state index contributed by atoms with van der Waals surface area (Å²) < 4.78 is 6.07. The lowest BCUT2D eigenvalue weighted by atomic mass is 9.98. The van der Waals surface area contributed by atoms with Crippen LogP contribution in [0.4, 0.5) is 0 Å². The Morgan fingerprint density at radius 2 is 1.94 bits per heavy atom. The lowest BCUT2D eigenvalue weighted by Crippen LogP contribution is -2.49. The molecule has 7 heteroatoms. The highest BCUT2D eigenvalue weighted by molar-refractivity contribution is 5.94. The van der Waals surface area contributed by atoms with Crippen LogP contribution >= 0.6 is 0 Å². The van der Waals surface area contributed by atoms with Crippen molar-refractivity contribution in [3.05, 3.63) is 77.8 Å². The molecule has 2 aromatic carbocycles. The molecule has 1 aliphatic rings. The molecule has 1 saturated heterocycles. The van der Waals surface area contributed by atoms with Crippen molar-refractivity contribution in [3.8, 4) is 11.5 Å². The van der Waals surface area contributed by atoms with Crippen LogP contribution < -0.4 is 0 Å².